The zero-order chi connectivity index (χ0) is 18.1. The number of rotatable bonds is 4. The minimum absolute atomic E-state index is 0.000421. The Labute approximate surface area is 151 Å². The van der Waals surface area contributed by atoms with Gasteiger partial charge < -0.3 is 24.8 Å². The van der Waals surface area contributed by atoms with Crippen LogP contribution >= 0.6 is 0 Å². The van der Waals surface area contributed by atoms with Gasteiger partial charge in [-0.1, -0.05) is 0 Å². The van der Waals surface area contributed by atoms with Crippen LogP contribution in [0.15, 0.2) is 18.2 Å². The molecule has 2 N–H and O–H groups in total. The fraction of sp³-hybridized carbons (Fsp3) is 0.556. The number of nitrogens with zero attached hydrogens (tertiary/aromatic N) is 3. The fourth-order valence-electron chi connectivity index (χ4n) is 3.62. The number of imidazole rings is 1. The van der Waals surface area contributed by atoms with Crippen molar-refractivity contribution in [2.45, 2.75) is 18.6 Å². The van der Waals surface area contributed by atoms with Gasteiger partial charge in [0.05, 0.1) is 24.2 Å². The third kappa shape index (κ3) is 3.39. The van der Waals surface area contributed by atoms with Crippen LogP contribution in [0.4, 0.5) is 10.3 Å². The third-order valence-electron chi connectivity index (χ3n) is 5.09. The van der Waals surface area contributed by atoms with E-state index < -0.39 is 6.17 Å². The molecule has 26 heavy (non-hydrogen) atoms. The van der Waals surface area contributed by atoms with E-state index in [0.717, 1.165) is 30.1 Å². The molecule has 1 amide bonds. The number of aromatic nitrogens is 2. The molecule has 0 saturated carbocycles. The first-order chi connectivity index (χ1) is 12.6. The molecule has 0 radical (unpaired) electrons. The van der Waals surface area contributed by atoms with Gasteiger partial charge in [0.1, 0.15) is 6.17 Å². The van der Waals surface area contributed by atoms with Crippen LogP contribution in [0.25, 0.3) is 11.0 Å². The van der Waals surface area contributed by atoms with E-state index in [1.165, 1.54) is 0 Å². The van der Waals surface area contributed by atoms with Crippen molar-refractivity contribution < 1.29 is 13.9 Å². The SMILES string of the molecule is Cn1c(N2CCOCC2)nc2cc(C(=O)NCC3CC(F)CN3)ccc21. The number of hydrogen-bond acceptors (Lipinski definition) is 5. The van der Waals surface area contributed by atoms with E-state index in [4.69, 9.17) is 9.72 Å². The quantitative estimate of drug-likeness (QED) is 0.845. The summed E-state index contributed by atoms with van der Waals surface area (Å²) in [6, 6.07) is 5.55. The standard InChI is InChI=1S/C18H24FN5O2/c1-23-16-3-2-12(17(25)21-11-14-9-13(19)10-20-14)8-15(16)22-18(23)24-4-6-26-7-5-24/h2-3,8,13-14,20H,4-7,9-11H2,1H3,(H,21,25). The topological polar surface area (TPSA) is 71.4 Å². The Kier molecular flexibility index (Phi) is 4.78. The van der Waals surface area contributed by atoms with Gasteiger partial charge in [0.2, 0.25) is 5.95 Å². The Balaban J connectivity index is 1.48. The highest BCUT2D eigenvalue weighted by molar-refractivity contribution is 5.97. The summed E-state index contributed by atoms with van der Waals surface area (Å²) in [6.07, 6.45) is -0.372. The van der Waals surface area contributed by atoms with E-state index in [1.54, 1.807) is 0 Å². The summed E-state index contributed by atoms with van der Waals surface area (Å²) in [7, 11) is 1.99. The molecule has 2 aliphatic rings. The lowest BCUT2D eigenvalue weighted by Crippen LogP contribution is -2.37. The minimum atomic E-state index is -0.819. The van der Waals surface area contributed by atoms with Crippen LogP contribution < -0.4 is 15.5 Å². The highest BCUT2D eigenvalue weighted by Crippen LogP contribution is 2.23. The number of aryl methyl sites for hydroxylation is 1. The summed E-state index contributed by atoms with van der Waals surface area (Å²) < 4.78 is 20.6. The molecule has 2 aromatic rings. The molecular weight excluding hydrogens is 337 g/mol. The number of ether oxygens (including phenoxy) is 1. The normalized spacial score (nSPS) is 23.5. The third-order valence-corrected chi connectivity index (χ3v) is 5.09. The molecule has 8 heteroatoms. The molecule has 0 bridgehead atoms. The predicted molar refractivity (Wildman–Crippen MR) is 97.4 cm³/mol. The summed E-state index contributed by atoms with van der Waals surface area (Å²) in [5, 5.41) is 5.95. The zero-order valence-electron chi connectivity index (χ0n) is 14.9. The smallest absolute Gasteiger partial charge is 0.251 e. The van der Waals surface area contributed by atoms with Gasteiger partial charge in [-0.25, -0.2) is 9.37 Å². The number of hydrogen-bond donors (Lipinski definition) is 2. The summed E-state index contributed by atoms with van der Waals surface area (Å²) in [4.78, 5) is 19.3. The van der Waals surface area contributed by atoms with Crippen LogP contribution in [0.3, 0.4) is 0 Å². The van der Waals surface area contributed by atoms with E-state index in [9.17, 15) is 9.18 Å². The van der Waals surface area contributed by atoms with Crippen LogP contribution in [-0.2, 0) is 11.8 Å². The maximum absolute atomic E-state index is 13.2. The molecule has 3 heterocycles. The highest BCUT2D eigenvalue weighted by Gasteiger charge is 2.24. The minimum Gasteiger partial charge on any atom is -0.378 e. The van der Waals surface area contributed by atoms with E-state index in [2.05, 4.69) is 15.5 Å². The Morgan fingerprint density at radius 1 is 1.42 bits per heavy atom. The van der Waals surface area contributed by atoms with Gasteiger partial charge in [-0.2, -0.15) is 0 Å². The first kappa shape index (κ1) is 17.2. The first-order valence-corrected chi connectivity index (χ1v) is 9.06. The maximum atomic E-state index is 13.2. The average molecular weight is 361 g/mol. The first-order valence-electron chi connectivity index (χ1n) is 9.06. The van der Waals surface area contributed by atoms with Crippen LogP contribution in [0, 0.1) is 0 Å². The molecule has 2 unspecified atom stereocenters. The van der Waals surface area contributed by atoms with E-state index >= 15 is 0 Å². The van der Waals surface area contributed by atoms with Crippen LogP contribution in [-0.4, -0.2) is 67.1 Å². The van der Waals surface area contributed by atoms with Gasteiger partial charge in [-0.15, -0.1) is 0 Å². The number of alkyl halides is 1. The molecule has 2 atom stereocenters. The Morgan fingerprint density at radius 2 is 2.23 bits per heavy atom. The van der Waals surface area contributed by atoms with Gasteiger partial charge in [-0.3, -0.25) is 4.79 Å². The van der Waals surface area contributed by atoms with Gasteiger partial charge in [0.25, 0.3) is 5.91 Å². The van der Waals surface area contributed by atoms with Crippen molar-refractivity contribution in [3.05, 3.63) is 23.8 Å². The lowest BCUT2D eigenvalue weighted by molar-refractivity contribution is 0.0950. The van der Waals surface area contributed by atoms with E-state index in [0.29, 0.717) is 38.3 Å². The van der Waals surface area contributed by atoms with Gasteiger partial charge in [0.15, 0.2) is 0 Å². The van der Waals surface area contributed by atoms with Gasteiger partial charge in [0, 0.05) is 44.8 Å². The summed E-state index contributed by atoms with van der Waals surface area (Å²) in [5.41, 5.74) is 2.35. The predicted octanol–water partition coefficient (Wildman–Crippen LogP) is 0.840. The average Bonchev–Trinajstić information content (AvgIpc) is 3.23. The molecule has 0 aliphatic carbocycles. The molecule has 1 aromatic carbocycles. The number of fused-ring (bicyclic) bond motifs is 1. The Hall–Kier alpha value is -2.19. The lowest BCUT2D eigenvalue weighted by Gasteiger charge is -2.27. The largest absolute Gasteiger partial charge is 0.378 e. The summed E-state index contributed by atoms with van der Waals surface area (Å²) in [6.45, 7) is 3.82. The lowest BCUT2D eigenvalue weighted by atomic mass is 10.1. The molecule has 7 nitrogen and oxygen atoms in total. The molecule has 2 aliphatic heterocycles. The Bertz CT molecular complexity index is 802. The number of carbonyl (C=O) groups is 1. The number of anilines is 1. The number of morpholine rings is 1. The van der Waals surface area contributed by atoms with E-state index in [1.807, 2.05) is 29.8 Å². The van der Waals surface area contributed by atoms with Crippen LogP contribution in [0.2, 0.25) is 0 Å². The van der Waals surface area contributed by atoms with Crippen molar-refractivity contribution in [3.63, 3.8) is 0 Å². The van der Waals surface area contributed by atoms with Crippen molar-refractivity contribution in [3.8, 4) is 0 Å². The second kappa shape index (κ2) is 7.20. The summed E-state index contributed by atoms with van der Waals surface area (Å²) in [5.74, 6) is 0.736. The second-order valence-corrected chi connectivity index (χ2v) is 6.92. The van der Waals surface area contributed by atoms with Crippen LogP contribution in [0.1, 0.15) is 16.8 Å². The molecule has 4 rings (SSSR count). The molecule has 2 saturated heterocycles. The van der Waals surface area contributed by atoms with E-state index in [-0.39, 0.29) is 11.9 Å². The van der Waals surface area contributed by atoms with Crippen molar-refractivity contribution >= 4 is 22.9 Å². The molecule has 0 spiro atoms. The number of halogens is 1. The number of nitrogens with one attached hydrogen (secondary N) is 2. The fourth-order valence-corrected chi connectivity index (χ4v) is 3.62. The van der Waals surface area contributed by atoms with Crippen molar-refractivity contribution in [2.24, 2.45) is 7.05 Å². The second-order valence-electron chi connectivity index (χ2n) is 6.92. The van der Waals surface area contributed by atoms with Crippen molar-refractivity contribution in [2.75, 3.05) is 44.3 Å². The summed E-state index contributed by atoms with van der Waals surface area (Å²) >= 11 is 0. The maximum Gasteiger partial charge on any atom is 0.251 e. The van der Waals surface area contributed by atoms with Crippen molar-refractivity contribution in [1.29, 1.82) is 0 Å². The highest BCUT2D eigenvalue weighted by atomic mass is 19.1. The number of carbonyl (C=O) groups excluding carboxylic acids is 1. The molecule has 1 aromatic heterocycles. The van der Waals surface area contributed by atoms with Gasteiger partial charge in [-0.05, 0) is 24.6 Å². The van der Waals surface area contributed by atoms with Crippen LogP contribution in [0.5, 0.6) is 0 Å². The molecule has 2 fully saturated rings. The number of amides is 1. The Morgan fingerprint density at radius 3 is 2.96 bits per heavy atom. The number of benzene rings is 1. The molecule has 140 valence electrons. The zero-order valence-corrected chi connectivity index (χ0v) is 14.9. The van der Waals surface area contributed by atoms with Crippen molar-refractivity contribution in [1.82, 2.24) is 20.2 Å². The monoisotopic (exact) mass is 361 g/mol. The molecular formula is C18H24FN5O2. The van der Waals surface area contributed by atoms with Gasteiger partial charge >= 0.3 is 0 Å².